The van der Waals surface area contributed by atoms with Crippen molar-refractivity contribution in [2.24, 2.45) is 0 Å². The summed E-state index contributed by atoms with van der Waals surface area (Å²) in [5.41, 5.74) is 2.61. The standard InChI is InChI=1S/C19H26N2O2/c22-14-6-13-21(19(23)20-16-8-2-1-3-9-16)18-12-11-15-7-4-5-10-17(15)18/h1-2,4-5,7,10,16,18,22H,3,6,8-9,11-14H2,(H,20,23). The number of rotatable bonds is 5. The minimum atomic E-state index is 0.0143. The van der Waals surface area contributed by atoms with Gasteiger partial charge < -0.3 is 15.3 Å². The molecule has 0 aromatic heterocycles. The Kier molecular flexibility index (Phi) is 5.34. The van der Waals surface area contributed by atoms with E-state index in [0.29, 0.717) is 13.0 Å². The van der Waals surface area contributed by atoms with E-state index < -0.39 is 0 Å². The first-order valence-electron chi connectivity index (χ1n) is 8.70. The van der Waals surface area contributed by atoms with Crippen molar-refractivity contribution in [1.82, 2.24) is 10.2 Å². The number of aliphatic hydroxyl groups excluding tert-OH is 1. The first-order chi connectivity index (χ1) is 11.3. The van der Waals surface area contributed by atoms with Gasteiger partial charge in [0.2, 0.25) is 0 Å². The number of amides is 2. The molecular formula is C19H26N2O2. The van der Waals surface area contributed by atoms with Gasteiger partial charge in [0, 0.05) is 19.2 Å². The van der Waals surface area contributed by atoms with Gasteiger partial charge in [-0.2, -0.15) is 0 Å². The molecule has 4 heteroatoms. The van der Waals surface area contributed by atoms with Crippen LogP contribution in [0.15, 0.2) is 36.4 Å². The Morgan fingerprint density at radius 1 is 1.26 bits per heavy atom. The van der Waals surface area contributed by atoms with E-state index >= 15 is 0 Å². The average Bonchev–Trinajstić information content (AvgIpc) is 3.00. The van der Waals surface area contributed by atoms with E-state index in [1.54, 1.807) is 0 Å². The Labute approximate surface area is 138 Å². The van der Waals surface area contributed by atoms with Crippen LogP contribution in [-0.2, 0) is 6.42 Å². The lowest BCUT2D eigenvalue weighted by molar-refractivity contribution is 0.161. The van der Waals surface area contributed by atoms with Crippen molar-refractivity contribution < 1.29 is 9.90 Å². The number of hydrogen-bond donors (Lipinski definition) is 2. The predicted octanol–water partition coefficient (Wildman–Crippen LogP) is 3.18. The van der Waals surface area contributed by atoms with Crippen molar-refractivity contribution in [1.29, 1.82) is 0 Å². The minimum absolute atomic E-state index is 0.0143. The molecule has 23 heavy (non-hydrogen) atoms. The molecule has 0 aliphatic heterocycles. The molecule has 124 valence electrons. The lowest BCUT2D eigenvalue weighted by Crippen LogP contribution is -2.46. The Bertz CT molecular complexity index is 570. The summed E-state index contributed by atoms with van der Waals surface area (Å²) in [7, 11) is 0. The van der Waals surface area contributed by atoms with Crippen molar-refractivity contribution in [3.63, 3.8) is 0 Å². The molecule has 0 spiro atoms. The van der Waals surface area contributed by atoms with Crippen LogP contribution in [0.25, 0.3) is 0 Å². The zero-order chi connectivity index (χ0) is 16.1. The molecule has 0 radical (unpaired) electrons. The maximum absolute atomic E-state index is 12.8. The van der Waals surface area contributed by atoms with E-state index in [4.69, 9.17) is 0 Å². The summed E-state index contributed by atoms with van der Waals surface area (Å²) in [6.07, 6.45) is 9.91. The molecule has 1 aromatic rings. The molecule has 2 amide bonds. The molecule has 0 saturated carbocycles. The van der Waals surface area contributed by atoms with Crippen LogP contribution in [-0.4, -0.2) is 35.2 Å². The van der Waals surface area contributed by atoms with Gasteiger partial charge in [-0.15, -0.1) is 0 Å². The van der Waals surface area contributed by atoms with E-state index in [2.05, 4.69) is 35.7 Å². The van der Waals surface area contributed by atoms with Gasteiger partial charge in [-0.05, 0) is 49.7 Å². The number of aliphatic hydroxyl groups is 1. The lowest BCUT2D eigenvalue weighted by Gasteiger charge is -2.32. The molecule has 3 rings (SSSR count). The second-order valence-corrected chi connectivity index (χ2v) is 6.45. The van der Waals surface area contributed by atoms with Crippen LogP contribution >= 0.6 is 0 Å². The fourth-order valence-electron chi connectivity index (χ4n) is 3.68. The first-order valence-corrected chi connectivity index (χ1v) is 8.70. The van der Waals surface area contributed by atoms with Gasteiger partial charge >= 0.3 is 6.03 Å². The summed E-state index contributed by atoms with van der Waals surface area (Å²) in [5, 5.41) is 12.4. The number of allylic oxidation sites excluding steroid dienone is 1. The number of fused-ring (bicyclic) bond motifs is 1. The van der Waals surface area contributed by atoms with Crippen molar-refractivity contribution in [2.45, 2.75) is 50.6 Å². The smallest absolute Gasteiger partial charge is 0.318 e. The zero-order valence-electron chi connectivity index (χ0n) is 13.6. The van der Waals surface area contributed by atoms with Crippen LogP contribution in [0.1, 0.15) is 49.3 Å². The third-order valence-electron chi connectivity index (χ3n) is 4.89. The molecule has 2 unspecified atom stereocenters. The monoisotopic (exact) mass is 314 g/mol. The third kappa shape index (κ3) is 3.75. The molecule has 2 N–H and O–H groups in total. The summed E-state index contributed by atoms with van der Waals surface area (Å²) >= 11 is 0. The highest BCUT2D eigenvalue weighted by molar-refractivity contribution is 5.75. The topological polar surface area (TPSA) is 52.6 Å². The summed E-state index contributed by atoms with van der Waals surface area (Å²) < 4.78 is 0. The van der Waals surface area contributed by atoms with E-state index in [-0.39, 0.29) is 24.7 Å². The first kappa shape index (κ1) is 16.1. The highest BCUT2D eigenvalue weighted by Crippen LogP contribution is 2.35. The summed E-state index contributed by atoms with van der Waals surface area (Å²) in [6, 6.07) is 8.79. The third-order valence-corrected chi connectivity index (χ3v) is 4.89. The second kappa shape index (κ2) is 7.64. The Morgan fingerprint density at radius 2 is 2.13 bits per heavy atom. The summed E-state index contributed by atoms with van der Waals surface area (Å²) in [5.74, 6) is 0. The molecule has 0 fully saturated rings. The van der Waals surface area contributed by atoms with Crippen LogP contribution in [0.3, 0.4) is 0 Å². The number of nitrogens with one attached hydrogen (secondary N) is 1. The van der Waals surface area contributed by atoms with E-state index in [0.717, 1.165) is 32.1 Å². The van der Waals surface area contributed by atoms with Crippen molar-refractivity contribution in [2.75, 3.05) is 13.2 Å². The van der Waals surface area contributed by atoms with Crippen LogP contribution in [0.5, 0.6) is 0 Å². The number of aryl methyl sites for hydroxylation is 1. The Morgan fingerprint density at radius 3 is 2.91 bits per heavy atom. The fraction of sp³-hybridized carbons (Fsp3) is 0.526. The maximum Gasteiger partial charge on any atom is 0.318 e. The number of hydrogen-bond acceptors (Lipinski definition) is 2. The van der Waals surface area contributed by atoms with E-state index in [9.17, 15) is 9.90 Å². The van der Waals surface area contributed by atoms with Crippen LogP contribution < -0.4 is 5.32 Å². The SMILES string of the molecule is O=C(NC1CC=CCC1)N(CCCO)C1CCc2ccccc21. The minimum Gasteiger partial charge on any atom is -0.396 e. The normalized spacial score (nSPS) is 22.7. The highest BCUT2D eigenvalue weighted by Gasteiger charge is 2.31. The average molecular weight is 314 g/mol. The molecule has 4 nitrogen and oxygen atoms in total. The summed E-state index contributed by atoms with van der Waals surface area (Å²) in [4.78, 5) is 14.8. The summed E-state index contributed by atoms with van der Waals surface area (Å²) in [6.45, 7) is 0.716. The Hall–Kier alpha value is -1.81. The van der Waals surface area contributed by atoms with Gasteiger partial charge in [0.1, 0.15) is 0 Å². The highest BCUT2D eigenvalue weighted by atomic mass is 16.3. The quantitative estimate of drug-likeness (QED) is 0.820. The van der Waals surface area contributed by atoms with Crippen molar-refractivity contribution in [3.05, 3.63) is 47.5 Å². The molecular weight excluding hydrogens is 288 g/mol. The van der Waals surface area contributed by atoms with Gasteiger partial charge in [0.15, 0.2) is 0 Å². The second-order valence-electron chi connectivity index (χ2n) is 6.45. The van der Waals surface area contributed by atoms with Gasteiger partial charge in [0.05, 0.1) is 6.04 Å². The molecule has 2 aliphatic carbocycles. The fourth-order valence-corrected chi connectivity index (χ4v) is 3.68. The van der Waals surface area contributed by atoms with Gasteiger partial charge in [-0.3, -0.25) is 0 Å². The van der Waals surface area contributed by atoms with E-state index in [1.165, 1.54) is 11.1 Å². The van der Waals surface area contributed by atoms with Crippen molar-refractivity contribution in [3.8, 4) is 0 Å². The number of nitrogens with zero attached hydrogens (tertiary/aromatic N) is 1. The number of benzene rings is 1. The molecule has 0 heterocycles. The molecule has 1 aromatic carbocycles. The molecule has 0 bridgehead atoms. The van der Waals surface area contributed by atoms with Gasteiger partial charge in [0.25, 0.3) is 0 Å². The van der Waals surface area contributed by atoms with Crippen molar-refractivity contribution >= 4 is 6.03 Å². The largest absolute Gasteiger partial charge is 0.396 e. The number of urea groups is 1. The van der Waals surface area contributed by atoms with Crippen LogP contribution in [0, 0.1) is 0 Å². The lowest BCUT2D eigenvalue weighted by atomic mass is 10.0. The van der Waals surface area contributed by atoms with Crippen LogP contribution in [0.4, 0.5) is 4.79 Å². The number of carbonyl (C=O) groups is 1. The number of carbonyl (C=O) groups excluding carboxylic acids is 1. The predicted molar refractivity (Wildman–Crippen MR) is 91.2 cm³/mol. The zero-order valence-corrected chi connectivity index (χ0v) is 13.6. The Balaban J connectivity index is 1.72. The molecule has 2 aliphatic rings. The molecule has 0 saturated heterocycles. The van der Waals surface area contributed by atoms with Gasteiger partial charge in [-0.1, -0.05) is 36.4 Å². The van der Waals surface area contributed by atoms with Gasteiger partial charge in [-0.25, -0.2) is 4.79 Å². The molecule has 2 atom stereocenters. The van der Waals surface area contributed by atoms with Crippen LogP contribution in [0.2, 0.25) is 0 Å². The van der Waals surface area contributed by atoms with E-state index in [1.807, 2.05) is 11.0 Å². The maximum atomic E-state index is 12.8.